The number of halogens is 4. The van der Waals surface area contributed by atoms with Gasteiger partial charge in [-0.2, -0.15) is 25.3 Å². The molecule has 3 aromatic heterocycles. The van der Waals surface area contributed by atoms with Gasteiger partial charge in [-0.15, -0.1) is 57.2 Å². The molecule has 0 saturated heterocycles. The molecule has 6 unspecified atom stereocenters. The van der Waals surface area contributed by atoms with Crippen LogP contribution in [-0.4, -0.2) is 99.6 Å². The van der Waals surface area contributed by atoms with E-state index >= 15 is 0 Å². The van der Waals surface area contributed by atoms with E-state index in [0.29, 0.717) is 36.0 Å². The molecule has 8 rings (SSSR count). The van der Waals surface area contributed by atoms with Crippen molar-refractivity contribution < 1.29 is 76.3 Å². The Bertz CT molecular complexity index is 4820. The monoisotopic (exact) mass is 2480 g/mol. The molecule has 31 heteroatoms. The quantitative estimate of drug-likeness (QED) is 0.00370. The van der Waals surface area contributed by atoms with Crippen molar-refractivity contribution in [2.75, 3.05) is 45.9 Å². The van der Waals surface area contributed by atoms with Gasteiger partial charge in [0.05, 0.1) is 67.6 Å². The van der Waals surface area contributed by atoms with E-state index in [1.165, 1.54) is 107 Å². The summed E-state index contributed by atoms with van der Waals surface area (Å²) in [6, 6.07) is 45.1. The molecule has 0 amide bonds. The molecule has 3 heterocycles. The van der Waals surface area contributed by atoms with Crippen molar-refractivity contribution in [3.63, 3.8) is 0 Å². The van der Waals surface area contributed by atoms with Gasteiger partial charge in [0, 0.05) is 41.8 Å². The average molecular weight is 2490 g/mol. The average Bonchev–Trinajstić information content (AvgIpc) is 0.969. The molecule has 5 aromatic carbocycles. The van der Waals surface area contributed by atoms with Gasteiger partial charge >= 0.3 is 23.9 Å². The fraction of sp³-hybridized carbons (Fsp3) is 0.580. The van der Waals surface area contributed by atoms with E-state index in [1.807, 2.05) is 332 Å². The number of thiophene rings is 3. The summed E-state index contributed by atoms with van der Waals surface area (Å²) in [6.45, 7) is 96.0. The lowest BCUT2D eigenvalue weighted by atomic mass is 9.92. The Morgan fingerprint density at radius 3 is 1.05 bits per heavy atom. The number of carbonyl (C=O) groups is 4. The lowest BCUT2D eigenvalue weighted by Crippen LogP contribution is -2.19. The van der Waals surface area contributed by atoms with Crippen LogP contribution in [0.4, 0.5) is 0 Å². The van der Waals surface area contributed by atoms with E-state index in [9.17, 15) is 44.4 Å². The van der Waals surface area contributed by atoms with Gasteiger partial charge in [0.15, 0.2) is 5.38 Å². The second kappa shape index (κ2) is 108. The zero-order valence-corrected chi connectivity index (χ0v) is 114. The van der Waals surface area contributed by atoms with E-state index in [4.69, 9.17) is 57.8 Å². The largest absolute Gasteiger partial charge is 0.466 e. The second-order valence-electron chi connectivity index (χ2n) is 31.9. The maximum Gasteiger partial charge on any atom is 0.333 e. The highest BCUT2D eigenvalue weighted by atomic mass is 127. The van der Waals surface area contributed by atoms with Crippen LogP contribution in [0.2, 0.25) is 0 Å². The zero-order valence-electron chi connectivity index (χ0n) is 101. The van der Waals surface area contributed by atoms with E-state index in [0.717, 1.165) is 54.4 Å². The van der Waals surface area contributed by atoms with Crippen LogP contribution >= 0.6 is 114 Å². The molecule has 0 radical (unpaired) electrons. The number of aryl methyl sites for hydroxylation is 8. The molecule has 0 aliphatic carbocycles. The molecule has 150 heavy (non-hydrogen) atoms. The fourth-order valence-corrected chi connectivity index (χ4v) is 19.2. The molecule has 0 spiro atoms. The first-order chi connectivity index (χ1) is 70.9. The number of unbranched alkanes of at least 4 members (excludes halogenated alkanes) is 2. The maximum atomic E-state index is 12.5. The maximum absolute atomic E-state index is 12.5. The van der Waals surface area contributed by atoms with Gasteiger partial charge in [-0.3, -0.25) is 22.5 Å². The van der Waals surface area contributed by atoms with Crippen molar-refractivity contribution in [3.8, 4) is 0 Å². The summed E-state index contributed by atoms with van der Waals surface area (Å²) in [5, 5.41) is -1.23. The van der Waals surface area contributed by atoms with Crippen LogP contribution in [-0.2, 0) is 108 Å². The van der Waals surface area contributed by atoms with Gasteiger partial charge in [0.2, 0.25) is 0 Å². The molecule has 8 aromatic rings. The Morgan fingerprint density at radius 1 is 0.460 bits per heavy atom. The number of hydrogen-bond acceptors (Lipinski definition) is 22. The summed E-state index contributed by atoms with van der Waals surface area (Å²) in [5.41, 5.74) is 8.92. The summed E-state index contributed by atoms with van der Waals surface area (Å²) >= 11 is 30.1. The first kappa shape index (κ1) is 170. The third kappa shape index (κ3) is 86.9. The van der Waals surface area contributed by atoms with Crippen molar-refractivity contribution >= 4 is 180 Å². The summed E-state index contributed by atoms with van der Waals surface area (Å²) in [5.74, 6) is -1.32. The number of esters is 4. The normalized spacial score (nSPS) is 11.0. The van der Waals surface area contributed by atoms with Gasteiger partial charge in [-0.05, 0) is 238 Å². The summed E-state index contributed by atoms with van der Waals surface area (Å²) in [6.07, 6.45) is 12.8. The number of ether oxygens (including phenoxy) is 4. The summed E-state index contributed by atoms with van der Waals surface area (Å²) < 4.78 is 115. The number of hydrogen-bond donors (Lipinski definition) is 1. The predicted octanol–water partition coefficient (Wildman–Crippen LogP) is 40.8. The minimum absolute atomic E-state index is 0.0325. The minimum atomic E-state index is -4.06. The summed E-state index contributed by atoms with van der Waals surface area (Å²) in [7, 11) is -11.6. The van der Waals surface area contributed by atoms with Crippen LogP contribution < -0.4 is 0 Å². The van der Waals surface area contributed by atoms with Gasteiger partial charge in [-0.25, -0.2) is 9.59 Å². The zero-order chi connectivity index (χ0) is 120. The highest BCUT2D eigenvalue weighted by Gasteiger charge is 2.28. The van der Waals surface area contributed by atoms with E-state index in [-0.39, 0.29) is 70.5 Å². The predicted molar refractivity (Wildman–Crippen MR) is 679 cm³/mol. The molecule has 0 saturated carbocycles. The Hall–Kier alpha value is -5.12. The molecular formula is C119H204BrCl2INO17PS8. The van der Waals surface area contributed by atoms with Gasteiger partial charge in [0.25, 0.3) is 30.4 Å². The summed E-state index contributed by atoms with van der Waals surface area (Å²) in [4.78, 5) is 53.5. The standard InChI is InChI=1S/C23H29ClO5S.C17H28O3S.C16H16BrClO2S.C12H18O3S.C10H14O4.2C8H12S.12C2H6.CH3INPS2/c1-5-28-22(25)20(17-9-7-6-8-10-17)15-21(24)18-11-13-19(14-12-18)30(26,27)29-16-23(2,3)4;1-6-7-8-14(2)15-9-11-16(12-10-15)21(18,19)20-13-17(3,4)5;1-11-10-13(21-15(11)17)8-5-9-20-16(19)14(18)12-6-3-2-4-7-12;1-3-4-5-10(2)11-6-8-12(9-7-11)16(13,14)15;1-7(2)9(11)13-5-6-14-10(12)8(3)4;2*1-4-8-5-6(2)7(3)9-8;12*1-2;1-6-4(5)3-2/h6-14,20-21H,5,15-16H2,1-4H3;9-12,14H,6-8,13H2,1-5H3;2-4,6-7,10,14H,5,8-9H2,1H3;6-10H,3-5H2,1-2H3,(H,13,14,15);1,3,5-6H2,2,4H3;2*5H,4H2,1-3H3;12*1-2H3;1H3. The van der Waals surface area contributed by atoms with Gasteiger partial charge in [0.1, 0.15) is 42.2 Å². The molecule has 0 aliphatic rings. The fourth-order valence-electron chi connectivity index (χ4n) is 10.5. The highest BCUT2D eigenvalue weighted by molar-refractivity contribution is 14.1. The van der Waals surface area contributed by atoms with Crippen LogP contribution in [0, 0.1) is 45.4 Å². The Labute approximate surface area is 973 Å². The molecule has 1 N–H and O–H groups in total. The second-order valence-corrected chi connectivity index (χ2v) is 48.8. The van der Waals surface area contributed by atoms with Crippen molar-refractivity contribution in [1.29, 1.82) is 0 Å². The van der Waals surface area contributed by atoms with Gasteiger partial charge < -0.3 is 31.2 Å². The van der Waals surface area contributed by atoms with Crippen LogP contribution in [0.5, 0.6) is 0 Å². The SMILES string of the molecule is C=C(C)C(=O)OCCOC(=O)C(=C)C.CC.CC.CC.CC.CC.CC.CC.CC.CC.CC.CC.CC.CCCCC(C)c1ccc(S(=O)(=O)O)cc1.CCCCC(C)c1ccc(S(=O)(=O)OCC(C)(C)C)cc1.CCOC(=O)C(CC(Cl)c1ccc(S(=O)(=O)OCC(C)(C)C)cc1)c1ccccc1.CCc1cc(C)c(C)s1.CCc1cc(C)c(C)s1.CS[P+]([S-])=NI.Cc1cc(CCCOC(=O)C(Cl)c2ccccc2)sc1Br. The van der Waals surface area contributed by atoms with Crippen LogP contribution in [0.3, 0.4) is 0 Å². The van der Waals surface area contributed by atoms with Crippen LogP contribution in [0.15, 0.2) is 197 Å². The Kier molecular flexibility index (Phi) is 122. The number of carbonyl (C=O) groups excluding carboxylic acids is 4. The molecule has 0 bridgehead atoms. The first-order valence-corrected chi connectivity index (χ1v) is 67.0. The third-order valence-corrected chi connectivity index (χ3v) is 33.5. The van der Waals surface area contributed by atoms with Crippen molar-refractivity contribution in [1.82, 2.24) is 0 Å². The van der Waals surface area contributed by atoms with Gasteiger partial charge in [-0.1, -0.05) is 388 Å². The molecule has 868 valence electrons. The lowest BCUT2D eigenvalue weighted by molar-refractivity contribution is -0.147. The lowest BCUT2D eigenvalue weighted by Gasteiger charge is -2.20. The molecular weight excluding hydrogens is 2280 g/mol. The number of nitrogens with zero attached hydrogens (tertiary/aromatic N) is 1. The Morgan fingerprint density at radius 2 is 0.787 bits per heavy atom. The Balaban J connectivity index is -0.000000145. The number of rotatable bonds is 35. The minimum Gasteiger partial charge on any atom is -0.466 e. The molecule has 18 nitrogen and oxygen atoms in total. The van der Waals surface area contributed by atoms with E-state index < -0.39 is 65.1 Å². The number of benzene rings is 5. The molecule has 0 aliphatic heterocycles. The van der Waals surface area contributed by atoms with E-state index in [2.05, 4.69) is 136 Å². The van der Waals surface area contributed by atoms with Crippen molar-refractivity contribution in [3.05, 3.63) is 249 Å². The first-order valence-electron chi connectivity index (χ1n) is 53.6. The van der Waals surface area contributed by atoms with Crippen LogP contribution in [0.1, 0.15) is 419 Å². The highest BCUT2D eigenvalue weighted by Crippen LogP contribution is 2.38. The number of alkyl halides is 2. The third-order valence-electron chi connectivity index (χ3n) is 18.1. The van der Waals surface area contributed by atoms with E-state index in [1.54, 1.807) is 79.9 Å². The molecule has 6 atom stereocenters. The molecule has 0 fully saturated rings. The smallest absolute Gasteiger partial charge is 0.333 e. The topological polar surface area (TPSA) is 259 Å². The van der Waals surface area contributed by atoms with Crippen molar-refractivity contribution in [2.24, 2.45) is 13.8 Å². The van der Waals surface area contributed by atoms with Crippen LogP contribution in [0.25, 0.3) is 0 Å². The van der Waals surface area contributed by atoms with Crippen molar-refractivity contribution in [2.45, 2.75) is 418 Å².